The largest absolute Gasteiger partial charge is 0.496 e. The molecular weight excluding hydrogens is 224 g/mol. The molecule has 18 heavy (non-hydrogen) atoms. The second-order valence-electron chi connectivity index (χ2n) is 3.67. The van der Waals surface area contributed by atoms with Crippen LogP contribution in [0.25, 0.3) is 10.8 Å². The van der Waals surface area contributed by atoms with Crippen molar-refractivity contribution in [2.24, 2.45) is 0 Å². The van der Waals surface area contributed by atoms with Crippen LogP contribution in [0.4, 0.5) is 0 Å². The highest BCUT2D eigenvalue weighted by molar-refractivity contribution is 6.01. The Bertz CT molecular complexity index is 624. The van der Waals surface area contributed by atoms with Crippen LogP contribution in [-0.4, -0.2) is 14.2 Å². The number of ether oxygens (including phenoxy) is 2. The Morgan fingerprint density at radius 3 is 1.44 bits per heavy atom. The molecule has 0 radical (unpaired) electrons. The lowest BCUT2D eigenvalue weighted by atomic mass is 9.98. The fourth-order valence-electron chi connectivity index (χ4n) is 2.01. The van der Waals surface area contributed by atoms with Gasteiger partial charge in [0.2, 0.25) is 0 Å². The summed E-state index contributed by atoms with van der Waals surface area (Å²) in [6, 6.07) is 7.28. The molecule has 0 amide bonds. The summed E-state index contributed by atoms with van der Waals surface area (Å²) in [7, 11) is 3.20. The third-order valence-corrected chi connectivity index (χ3v) is 2.84. The van der Waals surface area contributed by atoms with Crippen LogP contribution in [0.5, 0.6) is 11.5 Å². The van der Waals surface area contributed by atoms with Crippen molar-refractivity contribution in [3.8, 4) is 36.2 Å². The Morgan fingerprint density at radius 1 is 0.778 bits per heavy atom. The van der Waals surface area contributed by atoms with Crippen molar-refractivity contribution in [1.29, 1.82) is 0 Å². The molecule has 0 atom stereocenters. The standard InChI is InChI=1S/C16H12O2/c1-5-11-7-9-14(18-4)16-12(6-2)8-10-13(17-3)15(11)16/h1-2,7-10H,3-4H3. The van der Waals surface area contributed by atoms with E-state index in [1.165, 1.54) is 0 Å². The molecule has 0 unspecified atom stereocenters. The van der Waals surface area contributed by atoms with Gasteiger partial charge in [0.05, 0.1) is 14.2 Å². The normalized spacial score (nSPS) is 9.56. The van der Waals surface area contributed by atoms with Gasteiger partial charge in [-0.1, -0.05) is 11.8 Å². The zero-order valence-electron chi connectivity index (χ0n) is 10.3. The lowest BCUT2D eigenvalue weighted by Gasteiger charge is -2.12. The van der Waals surface area contributed by atoms with E-state index in [0.717, 1.165) is 21.9 Å². The van der Waals surface area contributed by atoms with Crippen molar-refractivity contribution < 1.29 is 9.47 Å². The van der Waals surface area contributed by atoms with Crippen LogP contribution in [0.15, 0.2) is 24.3 Å². The molecule has 0 spiro atoms. The highest BCUT2D eigenvalue weighted by atomic mass is 16.5. The summed E-state index contributed by atoms with van der Waals surface area (Å²) < 4.78 is 10.7. The molecule has 0 heterocycles. The van der Waals surface area contributed by atoms with Crippen LogP contribution >= 0.6 is 0 Å². The molecule has 88 valence electrons. The third-order valence-electron chi connectivity index (χ3n) is 2.84. The first-order valence-corrected chi connectivity index (χ1v) is 5.37. The summed E-state index contributed by atoms with van der Waals surface area (Å²) in [5.74, 6) is 6.67. The second kappa shape index (κ2) is 4.73. The van der Waals surface area contributed by atoms with Gasteiger partial charge in [-0.05, 0) is 24.3 Å². The summed E-state index contributed by atoms with van der Waals surface area (Å²) in [5, 5.41) is 1.63. The molecule has 0 saturated carbocycles. The highest BCUT2D eigenvalue weighted by Crippen LogP contribution is 2.37. The minimum absolute atomic E-state index is 0.691. The molecule has 2 rings (SSSR count). The van der Waals surface area contributed by atoms with Gasteiger partial charge in [-0.15, -0.1) is 12.8 Å². The van der Waals surface area contributed by atoms with E-state index < -0.39 is 0 Å². The third kappa shape index (κ3) is 1.65. The van der Waals surface area contributed by atoms with Crippen molar-refractivity contribution in [2.75, 3.05) is 14.2 Å². The average molecular weight is 236 g/mol. The maximum absolute atomic E-state index is 5.52. The average Bonchev–Trinajstić information content (AvgIpc) is 2.44. The van der Waals surface area contributed by atoms with E-state index in [1.807, 2.05) is 24.3 Å². The Balaban J connectivity index is 3.04. The van der Waals surface area contributed by atoms with E-state index in [-0.39, 0.29) is 0 Å². The van der Waals surface area contributed by atoms with E-state index in [4.69, 9.17) is 22.3 Å². The van der Waals surface area contributed by atoms with Gasteiger partial charge in [0.15, 0.2) is 0 Å². The maximum atomic E-state index is 5.52. The van der Waals surface area contributed by atoms with Crippen LogP contribution in [-0.2, 0) is 0 Å². The van der Waals surface area contributed by atoms with Crippen LogP contribution in [0.3, 0.4) is 0 Å². The Kier molecular flexibility index (Phi) is 3.13. The van der Waals surface area contributed by atoms with Gasteiger partial charge >= 0.3 is 0 Å². The number of fused-ring (bicyclic) bond motifs is 1. The summed E-state index contributed by atoms with van der Waals surface area (Å²) in [5.41, 5.74) is 1.47. The number of methoxy groups -OCH3 is 2. The molecule has 2 aromatic rings. The monoisotopic (exact) mass is 236 g/mol. The smallest absolute Gasteiger partial charge is 0.128 e. The number of rotatable bonds is 2. The molecule has 0 aliphatic heterocycles. The number of terminal acetylenes is 2. The fraction of sp³-hybridized carbons (Fsp3) is 0.125. The molecule has 0 N–H and O–H groups in total. The minimum Gasteiger partial charge on any atom is -0.496 e. The first-order chi connectivity index (χ1) is 8.76. The van der Waals surface area contributed by atoms with Crippen molar-refractivity contribution in [3.63, 3.8) is 0 Å². The van der Waals surface area contributed by atoms with Crippen molar-refractivity contribution in [2.45, 2.75) is 0 Å². The first kappa shape index (κ1) is 11.9. The van der Waals surface area contributed by atoms with E-state index in [1.54, 1.807) is 14.2 Å². The molecule has 2 aromatic carbocycles. The molecular formula is C16H12O2. The lowest BCUT2D eigenvalue weighted by molar-refractivity contribution is 0.415. The molecule has 0 saturated heterocycles. The van der Waals surface area contributed by atoms with Gasteiger partial charge in [-0.25, -0.2) is 0 Å². The molecule has 0 bridgehead atoms. The quantitative estimate of drug-likeness (QED) is 0.746. The summed E-state index contributed by atoms with van der Waals surface area (Å²) in [6.07, 6.45) is 11.0. The van der Waals surface area contributed by atoms with Gasteiger partial charge in [0.1, 0.15) is 11.5 Å². The summed E-state index contributed by atoms with van der Waals surface area (Å²) in [4.78, 5) is 0. The van der Waals surface area contributed by atoms with Gasteiger partial charge < -0.3 is 9.47 Å². The summed E-state index contributed by atoms with van der Waals surface area (Å²) >= 11 is 0. The van der Waals surface area contributed by atoms with Crippen molar-refractivity contribution in [1.82, 2.24) is 0 Å². The summed E-state index contributed by atoms with van der Waals surface area (Å²) in [6.45, 7) is 0. The Labute approximate surface area is 107 Å². The van der Waals surface area contributed by atoms with Gasteiger partial charge in [0, 0.05) is 21.9 Å². The molecule has 0 aromatic heterocycles. The first-order valence-electron chi connectivity index (χ1n) is 5.37. The van der Waals surface area contributed by atoms with Crippen molar-refractivity contribution >= 4 is 10.8 Å². The number of hydrogen-bond acceptors (Lipinski definition) is 2. The SMILES string of the molecule is C#Cc1ccc(OC)c2c(C#C)ccc(OC)c12. The van der Waals surface area contributed by atoms with E-state index in [2.05, 4.69) is 11.8 Å². The van der Waals surface area contributed by atoms with Crippen molar-refractivity contribution in [3.05, 3.63) is 35.4 Å². The van der Waals surface area contributed by atoms with E-state index >= 15 is 0 Å². The van der Waals surface area contributed by atoms with Gasteiger partial charge in [-0.2, -0.15) is 0 Å². The van der Waals surface area contributed by atoms with Gasteiger partial charge in [-0.3, -0.25) is 0 Å². The van der Waals surface area contributed by atoms with Crippen LogP contribution in [0.2, 0.25) is 0 Å². The Hall–Kier alpha value is -2.58. The molecule has 0 fully saturated rings. The zero-order valence-corrected chi connectivity index (χ0v) is 10.3. The Morgan fingerprint density at radius 2 is 1.17 bits per heavy atom. The van der Waals surface area contributed by atoms with Gasteiger partial charge in [0.25, 0.3) is 0 Å². The van der Waals surface area contributed by atoms with Crippen LogP contribution in [0, 0.1) is 24.7 Å². The van der Waals surface area contributed by atoms with Crippen LogP contribution in [0.1, 0.15) is 11.1 Å². The highest BCUT2D eigenvalue weighted by Gasteiger charge is 2.13. The fourth-order valence-corrected chi connectivity index (χ4v) is 2.01. The molecule has 2 nitrogen and oxygen atoms in total. The van der Waals surface area contributed by atoms with E-state index in [0.29, 0.717) is 11.5 Å². The second-order valence-corrected chi connectivity index (χ2v) is 3.67. The predicted molar refractivity (Wildman–Crippen MR) is 72.9 cm³/mol. The predicted octanol–water partition coefficient (Wildman–Crippen LogP) is 2.82. The molecule has 0 aliphatic carbocycles. The van der Waals surface area contributed by atoms with Crippen LogP contribution < -0.4 is 9.47 Å². The molecule has 0 aliphatic rings. The zero-order chi connectivity index (χ0) is 13.1. The lowest BCUT2D eigenvalue weighted by Crippen LogP contribution is -1.94. The van der Waals surface area contributed by atoms with E-state index in [9.17, 15) is 0 Å². The number of benzene rings is 2. The topological polar surface area (TPSA) is 18.5 Å². The maximum Gasteiger partial charge on any atom is 0.128 e. The molecule has 2 heteroatoms. The number of hydrogen-bond donors (Lipinski definition) is 0. The minimum atomic E-state index is 0.691.